The van der Waals surface area contributed by atoms with Gasteiger partial charge in [0.25, 0.3) is 0 Å². The summed E-state index contributed by atoms with van der Waals surface area (Å²) >= 11 is 1.60. The van der Waals surface area contributed by atoms with Crippen molar-refractivity contribution in [2.75, 3.05) is 31.2 Å². The maximum Gasteiger partial charge on any atom is 0.193 e. The lowest BCUT2D eigenvalue weighted by Gasteiger charge is -2.28. The van der Waals surface area contributed by atoms with Gasteiger partial charge in [0.1, 0.15) is 16.2 Å². The van der Waals surface area contributed by atoms with E-state index in [9.17, 15) is 0 Å². The molecular weight excluding hydrogens is 422 g/mol. The maximum absolute atomic E-state index is 5.52. The average molecular weight is 444 g/mol. The molecule has 0 unspecified atom stereocenters. The summed E-state index contributed by atoms with van der Waals surface area (Å²) in [5, 5.41) is 12.8. The van der Waals surface area contributed by atoms with E-state index in [0.717, 1.165) is 64.2 Å². The highest BCUT2D eigenvalue weighted by Gasteiger charge is 2.23. The number of hydrogen-bond donors (Lipinski definition) is 1. The molecule has 0 atom stereocenters. The fraction of sp³-hybridized carbons (Fsp3) is 0.217. The number of anilines is 1. The summed E-state index contributed by atoms with van der Waals surface area (Å²) < 4.78 is 7.45. The van der Waals surface area contributed by atoms with Gasteiger partial charge >= 0.3 is 0 Å². The number of morpholine rings is 1. The standard InChI is InChI=1S/C23H21N7OS/c1-15-19(18-13-17(7-8-30(18)28-15)29-9-11-31-12-10-29)23-26-20(16-5-3-2-4-6-16)21(32-23)22-24-14-25-27-22/h2-8,13-14H,9-12H2,1H3,(H,24,25,27). The number of H-pyrrole nitrogens is 1. The summed E-state index contributed by atoms with van der Waals surface area (Å²) in [6, 6.07) is 14.5. The first-order valence-corrected chi connectivity index (χ1v) is 11.3. The van der Waals surface area contributed by atoms with Crippen LogP contribution in [0.5, 0.6) is 0 Å². The van der Waals surface area contributed by atoms with Crippen LogP contribution in [0.2, 0.25) is 0 Å². The molecule has 9 heteroatoms. The minimum absolute atomic E-state index is 0.649. The number of ether oxygens (including phenoxy) is 1. The third-order valence-electron chi connectivity index (χ3n) is 5.68. The second-order valence-corrected chi connectivity index (χ2v) is 8.66. The van der Waals surface area contributed by atoms with Crippen molar-refractivity contribution in [3.8, 4) is 32.5 Å². The van der Waals surface area contributed by atoms with Crippen LogP contribution in [0.25, 0.3) is 38.0 Å². The van der Waals surface area contributed by atoms with Crippen LogP contribution < -0.4 is 4.90 Å². The molecule has 1 aliphatic heterocycles. The smallest absolute Gasteiger partial charge is 0.193 e. The zero-order chi connectivity index (χ0) is 21.5. The molecule has 1 N–H and O–H groups in total. The number of thiazole rings is 1. The molecule has 8 nitrogen and oxygen atoms in total. The number of fused-ring (bicyclic) bond motifs is 1. The molecule has 32 heavy (non-hydrogen) atoms. The molecule has 1 saturated heterocycles. The fourth-order valence-electron chi connectivity index (χ4n) is 4.12. The van der Waals surface area contributed by atoms with E-state index < -0.39 is 0 Å². The van der Waals surface area contributed by atoms with Crippen molar-refractivity contribution in [1.29, 1.82) is 0 Å². The van der Waals surface area contributed by atoms with E-state index >= 15 is 0 Å². The third kappa shape index (κ3) is 3.26. The largest absolute Gasteiger partial charge is 0.378 e. The van der Waals surface area contributed by atoms with Gasteiger partial charge < -0.3 is 9.64 Å². The van der Waals surface area contributed by atoms with Crippen LogP contribution >= 0.6 is 11.3 Å². The lowest BCUT2D eigenvalue weighted by molar-refractivity contribution is 0.122. The lowest BCUT2D eigenvalue weighted by Crippen LogP contribution is -2.36. The van der Waals surface area contributed by atoms with Crippen LogP contribution in [0.15, 0.2) is 55.0 Å². The number of aryl methyl sites for hydroxylation is 1. The van der Waals surface area contributed by atoms with E-state index in [-0.39, 0.29) is 0 Å². The summed E-state index contributed by atoms with van der Waals surface area (Å²) in [5.74, 6) is 0.649. The van der Waals surface area contributed by atoms with Crippen molar-refractivity contribution in [3.63, 3.8) is 0 Å². The van der Waals surface area contributed by atoms with E-state index in [1.54, 1.807) is 17.7 Å². The van der Waals surface area contributed by atoms with Gasteiger partial charge in [0.2, 0.25) is 0 Å². The number of rotatable bonds is 4. The Kier molecular flexibility index (Phi) is 4.70. The number of hydrogen-bond acceptors (Lipinski definition) is 7. The molecule has 4 aromatic heterocycles. The van der Waals surface area contributed by atoms with Crippen molar-refractivity contribution < 1.29 is 4.74 Å². The number of nitrogens with zero attached hydrogens (tertiary/aromatic N) is 6. The van der Waals surface area contributed by atoms with Gasteiger partial charge in [-0.2, -0.15) is 10.2 Å². The molecule has 0 amide bonds. The van der Waals surface area contributed by atoms with Crippen LogP contribution in [0.4, 0.5) is 5.69 Å². The summed E-state index contributed by atoms with van der Waals surface area (Å²) in [5.41, 5.74) is 6.13. The second kappa shape index (κ2) is 7.85. The van der Waals surface area contributed by atoms with Crippen LogP contribution in [-0.4, -0.2) is 56.1 Å². The molecule has 5 heterocycles. The van der Waals surface area contributed by atoms with Gasteiger partial charge in [0, 0.05) is 30.5 Å². The molecule has 1 fully saturated rings. The van der Waals surface area contributed by atoms with Crippen LogP contribution in [0.3, 0.4) is 0 Å². The SMILES string of the molecule is Cc1nn2ccc(N3CCOCC3)cc2c1-c1nc(-c2ccccc2)c(-c2nc[nH]n2)s1. The van der Waals surface area contributed by atoms with E-state index in [0.29, 0.717) is 5.82 Å². The zero-order valence-corrected chi connectivity index (χ0v) is 18.3. The molecule has 0 aliphatic carbocycles. The number of benzene rings is 1. The van der Waals surface area contributed by atoms with Crippen LogP contribution in [0.1, 0.15) is 5.69 Å². The van der Waals surface area contributed by atoms with Crippen molar-refractivity contribution in [3.05, 3.63) is 60.7 Å². The van der Waals surface area contributed by atoms with Crippen molar-refractivity contribution in [1.82, 2.24) is 29.8 Å². The van der Waals surface area contributed by atoms with Gasteiger partial charge in [0.05, 0.1) is 35.7 Å². The van der Waals surface area contributed by atoms with Gasteiger partial charge in [0.15, 0.2) is 5.82 Å². The van der Waals surface area contributed by atoms with Gasteiger partial charge in [-0.3, -0.25) is 5.10 Å². The molecule has 0 bridgehead atoms. The Bertz CT molecular complexity index is 1370. The van der Waals surface area contributed by atoms with Crippen molar-refractivity contribution >= 4 is 22.5 Å². The van der Waals surface area contributed by atoms with E-state index in [4.69, 9.17) is 14.8 Å². The Labute approximate surface area is 188 Å². The first-order chi connectivity index (χ1) is 15.8. The highest BCUT2D eigenvalue weighted by Crippen LogP contribution is 2.41. The van der Waals surface area contributed by atoms with Crippen LogP contribution in [-0.2, 0) is 4.74 Å². The highest BCUT2D eigenvalue weighted by molar-refractivity contribution is 7.19. The number of pyridine rings is 1. The first-order valence-electron chi connectivity index (χ1n) is 10.5. The van der Waals surface area contributed by atoms with E-state index in [2.05, 4.69) is 44.3 Å². The predicted octanol–water partition coefficient (Wildman–Crippen LogP) is 4.05. The van der Waals surface area contributed by atoms with Gasteiger partial charge in [-0.25, -0.2) is 14.5 Å². The first kappa shape index (κ1) is 19.1. The average Bonchev–Trinajstić information content (AvgIpc) is 3.57. The molecule has 0 radical (unpaired) electrons. The third-order valence-corrected chi connectivity index (χ3v) is 6.75. The van der Waals surface area contributed by atoms with E-state index in [1.165, 1.54) is 5.69 Å². The highest BCUT2D eigenvalue weighted by atomic mass is 32.1. The topological polar surface area (TPSA) is 84.2 Å². The van der Waals surface area contributed by atoms with Crippen LogP contribution in [0, 0.1) is 6.92 Å². The van der Waals surface area contributed by atoms with Gasteiger partial charge in [-0.1, -0.05) is 30.3 Å². The number of nitrogens with one attached hydrogen (secondary N) is 1. The summed E-state index contributed by atoms with van der Waals surface area (Å²) in [4.78, 5) is 12.8. The van der Waals surface area contributed by atoms with Crippen molar-refractivity contribution in [2.24, 2.45) is 0 Å². The minimum atomic E-state index is 0.649. The molecule has 0 spiro atoms. The van der Waals surface area contributed by atoms with Gasteiger partial charge in [-0.05, 0) is 19.1 Å². The molecule has 5 aromatic rings. The lowest BCUT2D eigenvalue weighted by atomic mass is 10.1. The normalized spacial score (nSPS) is 14.3. The molecule has 160 valence electrons. The van der Waals surface area contributed by atoms with E-state index in [1.807, 2.05) is 35.8 Å². The minimum Gasteiger partial charge on any atom is -0.378 e. The Morgan fingerprint density at radius 3 is 2.72 bits per heavy atom. The molecular formula is C23H21N7OS. The maximum atomic E-state index is 5.52. The zero-order valence-electron chi connectivity index (χ0n) is 17.5. The molecule has 1 aliphatic rings. The summed E-state index contributed by atoms with van der Waals surface area (Å²) in [6.07, 6.45) is 3.62. The fourth-order valence-corrected chi connectivity index (χ4v) is 5.26. The Hall–Kier alpha value is -3.56. The quantitative estimate of drug-likeness (QED) is 0.451. The summed E-state index contributed by atoms with van der Waals surface area (Å²) in [7, 11) is 0. The Balaban J connectivity index is 1.52. The predicted molar refractivity (Wildman–Crippen MR) is 125 cm³/mol. The Morgan fingerprint density at radius 2 is 1.94 bits per heavy atom. The second-order valence-electron chi connectivity index (χ2n) is 7.66. The number of aromatic amines is 1. The summed E-state index contributed by atoms with van der Waals surface area (Å²) in [6.45, 7) is 5.32. The number of aromatic nitrogens is 6. The van der Waals surface area contributed by atoms with Crippen molar-refractivity contribution in [2.45, 2.75) is 6.92 Å². The molecule has 0 saturated carbocycles. The molecule has 1 aromatic carbocycles. The van der Waals surface area contributed by atoms with Gasteiger partial charge in [-0.15, -0.1) is 11.3 Å². The molecule has 6 rings (SSSR count). The monoisotopic (exact) mass is 443 g/mol. The Morgan fingerprint density at radius 1 is 1.09 bits per heavy atom.